The van der Waals surface area contributed by atoms with Crippen LogP contribution in [0.25, 0.3) is 0 Å². The lowest BCUT2D eigenvalue weighted by Gasteiger charge is -2.33. The van der Waals surface area contributed by atoms with Crippen molar-refractivity contribution in [1.29, 1.82) is 0 Å². The summed E-state index contributed by atoms with van der Waals surface area (Å²) in [5, 5.41) is 9.65. The minimum absolute atomic E-state index is 0.0680. The van der Waals surface area contributed by atoms with Crippen LogP contribution in [0.1, 0.15) is 12.5 Å². The Bertz CT molecular complexity index is 711. The number of anilines is 1. The van der Waals surface area contributed by atoms with Gasteiger partial charge in [0.2, 0.25) is 0 Å². The van der Waals surface area contributed by atoms with Crippen molar-refractivity contribution in [1.82, 2.24) is 0 Å². The Morgan fingerprint density at radius 3 is 2.61 bits per heavy atom. The molecule has 0 radical (unpaired) electrons. The number of fused-ring (bicyclic) bond motifs is 1. The highest BCUT2D eigenvalue weighted by molar-refractivity contribution is 6.00. The van der Waals surface area contributed by atoms with Gasteiger partial charge in [-0.3, -0.25) is 4.79 Å². The first-order chi connectivity index (χ1) is 11.1. The van der Waals surface area contributed by atoms with Crippen LogP contribution in [0.15, 0.2) is 42.5 Å². The van der Waals surface area contributed by atoms with E-state index in [1.807, 2.05) is 31.2 Å². The molecule has 2 aromatic carbocycles. The number of carbonyl (C=O) groups is 1. The van der Waals surface area contributed by atoms with Crippen molar-refractivity contribution in [3.05, 3.63) is 48.0 Å². The fourth-order valence-electron chi connectivity index (χ4n) is 2.75. The first-order valence-electron chi connectivity index (χ1n) is 7.56. The number of phenols is 1. The van der Waals surface area contributed by atoms with E-state index in [1.165, 1.54) is 0 Å². The van der Waals surface area contributed by atoms with Crippen molar-refractivity contribution < 1.29 is 19.4 Å². The van der Waals surface area contributed by atoms with E-state index in [0.717, 1.165) is 11.3 Å². The third kappa shape index (κ3) is 2.95. The van der Waals surface area contributed by atoms with Crippen molar-refractivity contribution in [2.24, 2.45) is 0 Å². The monoisotopic (exact) mass is 313 g/mol. The molecule has 1 heterocycles. The van der Waals surface area contributed by atoms with E-state index in [-0.39, 0.29) is 11.7 Å². The van der Waals surface area contributed by atoms with E-state index in [9.17, 15) is 9.90 Å². The molecule has 5 heteroatoms. The molecule has 2 aromatic rings. The van der Waals surface area contributed by atoms with Gasteiger partial charge in [0.05, 0.1) is 12.8 Å². The summed E-state index contributed by atoms with van der Waals surface area (Å²) >= 11 is 0. The molecule has 0 bridgehead atoms. The van der Waals surface area contributed by atoms with Gasteiger partial charge in [0.1, 0.15) is 17.2 Å². The number of hydrogen-bond acceptors (Lipinski definition) is 4. The molecular formula is C18H19NO4. The summed E-state index contributed by atoms with van der Waals surface area (Å²) in [6, 6.07) is 12.4. The lowest BCUT2D eigenvalue weighted by molar-refractivity contribution is -0.126. The van der Waals surface area contributed by atoms with Gasteiger partial charge in [-0.05, 0) is 36.8 Å². The highest BCUT2D eigenvalue weighted by Gasteiger charge is 2.33. The molecule has 1 unspecified atom stereocenters. The highest BCUT2D eigenvalue weighted by atomic mass is 16.5. The van der Waals surface area contributed by atoms with Gasteiger partial charge in [0, 0.05) is 19.0 Å². The molecule has 0 spiro atoms. The predicted octanol–water partition coefficient (Wildman–Crippen LogP) is 2.76. The number of likely N-dealkylation sites (N-methyl/N-ethyl adjacent to an activating group) is 1. The second-order valence-corrected chi connectivity index (χ2v) is 5.39. The van der Waals surface area contributed by atoms with Crippen LogP contribution in [-0.2, 0) is 11.2 Å². The smallest absolute Gasteiger partial charge is 0.268 e. The molecule has 0 saturated heterocycles. The Labute approximate surface area is 135 Å². The minimum atomic E-state index is -0.599. The van der Waals surface area contributed by atoms with Crippen LogP contribution < -0.4 is 14.4 Å². The lowest BCUT2D eigenvalue weighted by atomic mass is 10.0. The summed E-state index contributed by atoms with van der Waals surface area (Å²) in [6.07, 6.45) is -0.133. The van der Waals surface area contributed by atoms with Crippen molar-refractivity contribution in [2.75, 3.05) is 18.6 Å². The molecule has 120 valence electrons. The zero-order chi connectivity index (χ0) is 16.4. The largest absolute Gasteiger partial charge is 0.508 e. The Kier molecular flexibility index (Phi) is 4.10. The summed E-state index contributed by atoms with van der Waals surface area (Å²) in [7, 11) is 1.62. The maximum atomic E-state index is 12.6. The lowest BCUT2D eigenvalue weighted by Crippen LogP contribution is -2.46. The summed E-state index contributed by atoms with van der Waals surface area (Å²) < 4.78 is 11.0. The standard InChI is InChI=1S/C18H19NO4/c1-3-19-15-9-6-13(20)11-16(15)23-17(18(19)21)10-12-4-7-14(22-2)8-5-12/h4-9,11,17,20H,3,10H2,1-2H3. The van der Waals surface area contributed by atoms with Gasteiger partial charge in [0.25, 0.3) is 5.91 Å². The van der Waals surface area contributed by atoms with Crippen LogP contribution in [0.5, 0.6) is 17.2 Å². The maximum Gasteiger partial charge on any atom is 0.268 e. The van der Waals surface area contributed by atoms with Crippen LogP contribution in [0.2, 0.25) is 0 Å². The molecule has 0 aliphatic carbocycles. The SMILES string of the molecule is CCN1C(=O)C(Cc2ccc(OC)cc2)Oc2cc(O)ccc21. The van der Waals surface area contributed by atoms with E-state index in [2.05, 4.69) is 0 Å². The molecule has 1 atom stereocenters. The number of methoxy groups -OCH3 is 1. The molecule has 0 fully saturated rings. The third-order valence-electron chi connectivity index (χ3n) is 3.94. The number of benzene rings is 2. The molecule has 0 aromatic heterocycles. The Morgan fingerprint density at radius 2 is 1.96 bits per heavy atom. The summed E-state index contributed by atoms with van der Waals surface area (Å²) in [6.45, 7) is 2.48. The van der Waals surface area contributed by atoms with Crippen LogP contribution in [0, 0.1) is 0 Å². The summed E-state index contributed by atoms with van der Waals surface area (Å²) in [5.41, 5.74) is 1.69. The molecule has 1 aliphatic rings. The molecule has 1 amide bonds. The zero-order valence-corrected chi connectivity index (χ0v) is 13.2. The van der Waals surface area contributed by atoms with Gasteiger partial charge in [0.15, 0.2) is 6.10 Å². The number of ether oxygens (including phenoxy) is 2. The Morgan fingerprint density at radius 1 is 1.22 bits per heavy atom. The van der Waals surface area contributed by atoms with Crippen molar-refractivity contribution in [3.63, 3.8) is 0 Å². The quantitative estimate of drug-likeness (QED) is 0.943. The number of carbonyl (C=O) groups excluding carboxylic acids is 1. The molecule has 3 rings (SSSR count). The molecule has 1 aliphatic heterocycles. The van der Waals surface area contributed by atoms with Gasteiger partial charge < -0.3 is 19.5 Å². The number of phenolic OH excluding ortho intramolecular Hbond substituents is 1. The summed E-state index contributed by atoms with van der Waals surface area (Å²) in [4.78, 5) is 14.3. The fraction of sp³-hybridized carbons (Fsp3) is 0.278. The van der Waals surface area contributed by atoms with Crippen molar-refractivity contribution in [3.8, 4) is 17.2 Å². The Hall–Kier alpha value is -2.69. The molecule has 5 nitrogen and oxygen atoms in total. The van der Waals surface area contributed by atoms with E-state index in [4.69, 9.17) is 9.47 Å². The van der Waals surface area contributed by atoms with Crippen LogP contribution in [0.4, 0.5) is 5.69 Å². The van der Waals surface area contributed by atoms with Crippen LogP contribution in [0.3, 0.4) is 0 Å². The van der Waals surface area contributed by atoms with Crippen molar-refractivity contribution >= 4 is 11.6 Å². The van der Waals surface area contributed by atoms with E-state index in [1.54, 1.807) is 30.2 Å². The predicted molar refractivity (Wildman–Crippen MR) is 87.2 cm³/mol. The summed E-state index contributed by atoms with van der Waals surface area (Å²) in [5.74, 6) is 1.36. The zero-order valence-electron chi connectivity index (χ0n) is 13.2. The van der Waals surface area contributed by atoms with Gasteiger partial charge in [-0.25, -0.2) is 0 Å². The average molecular weight is 313 g/mol. The van der Waals surface area contributed by atoms with Crippen molar-refractivity contribution in [2.45, 2.75) is 19.4 Å². The topological polar surface area (TPSA) is 59.0 Å². The van der Waals surface area contributed by atoms with E-state index < -0.39 is 6.10 Å². The maximum absolute atomic E-state index is 12.6. The van der Waals surface area contributed by atoms with E-state index in [0.29, 0.717) is 24.4 Å². The van der Waals surface area contributed by atoms with Gasteiger partial charge in [-0.2, -0.15) is 0 Å². The number of nitrogens with zero attached hydrogens (tertiary/aromatic N) is 1. The Balaban J connectivity index is 1.86. The number of amides is 1. The second kappa shape index (κ2) is 6.20. The molecule has 23 heavy (non-hydrogen) atoms. The van der Waals surface area contributed by atoms with Crippen LogP contribution >= 0.6 is 0 Å². The first kappa shape index (κ1) is 15.2. The van der Waals surface area contributed by atoms with Gasteiger partial charge in [-0.1, -0.05) is 12.1 Å². The van der Waals surface area contributed by atoms with Gasteiger partial charge in [-0.15, -0.1) is 0 Å². The third-order valence-corrected chi connectivity index (χ3v) is 3.94. The molecule has 1 N–H and O–H groups in total. The van der Waals surface area contributed by atoms with E-state index >= 15 is 0 Å². The minimum Gasteiger partial charge on any atom is -0.508 e. The van der Waals surface area contributed by atoms with Crippen LogP contribution in [-0.4, -0.2) is 30.8 Å². The van der Waals surface area contributed by atoms with Gasteiger partial charge >= 0.3 is 0 Å². The highest BCUT2D eigenvalue weighted by Crippen LogP contribution is 2.37. The number of hydrogen-bond donors (Lipinski definition) is 1. The average Bonchev–Trinajstić information content (AvgIpc) is 2.56. The first-order valence-corrected chi connectivity index (χ1v) is 7.56. The molecular weight excluding hydrogens is 294 g/mol. The second-order valence-electron chi connectivity index (χ2n) is 5.39. The normalized spacial score (nSPS) is 16.7. The fourth-order valence-corrected chi connectivity index (χ4v) is 2.75. The molecule has 0 saturated carbocycles. The number of rotatable bonds is 4. The number of aromatic hydroxyl groups is 1.